The van der Waals surface area contributed by atoms with Gasteiger partial charge in [0.15, 0.2) is 0 Å². The van der Waals surface area contributed by atoms with E-state index in [-0.39, 0.29) is 5.92 Å². The van der Waals surface area contributed by atoms with Gasteiger partial charge in [-0.25, -0.2) is 0 Å². The van der Waals surface area contributed by atoms with Gasteiger partial charge < -0.3 is 15.2 Å². The molecular weight excluding hydrogens is 258 g/mol. The van der Waals surface area contributed by atoms with E-state index >= 15 is 0 Å². The number of ether oxygens (including phenoxy) is 2. The Labute approximate surface area is 112 Å². The quantitative estimate of drug-likeness (QED) is 0.838. The zero-order valence-corrected chi connectivity index (χ0v) is 11.7. The normalized spacial score (nSPS) is 12.0. The molecule has 3 nitrogen and oxygen atoms in total. The third kappa shape index (κ3) is 3.48. The van der Waals surface area contributed by atoms with E-state index in [9.17, 15) is 0 Å². The van der Waals surface area contributed by atoms with Crippen LogP contribution in [0.4, 0.5) is 0 Å². The summed E-state index contributed by atoms with van der Waals surface area (Å²) in [5.41, 5.74) is 6.57. The zero-order chi connectivity index (χ0) is 13.0. The SMILES string of the molecule is COc1cc(OC)c(CC(C)C(N)=S)cc1Cl. The van der Waals surface area contributed by atoms with Gasteiger partial charge in [-0.3, -0.25) is 0 Å². The summed E-state index contributed by atoms with van der Waals surface area (Å²) in [4.78, 5) is 0.485. The molecule has 0 aliphatic rings. The monoisotopic (exact) mass is 273 g/mol. The number of nitrogens with two attached hydrogens (primary N) is 1. The van der Waals surface area contributed by atoms with Crippen LogP contribution in [-0.2, 0) is 6.42 Å². The van der Waals surface area contributed by atoms with Crippen LogP contribution in [0.3, 0.4) is 0 Å². The van der Waals surface area contributed by atoms with E-state index in [1.54, 1.807) is 20.3 Å². The molecule has 1 unspecified atom stereocenters. The smallest absolute Gasteiger partial charge is 0.141 e. The lowest BCUT2D eigenvalue weighted by atomic mass is 10.00. The van der Waals surface area contributed by atoms with Gasteiger partial charge in [0.2, 0.25) is 0 Å². The summed E-state index contributed by atoms with van der Waals surface area (Å²) in [5.74, 6) is 1.42. The van der Waals surface area contributed by atoms with Crippen molar-refractivity contribution in [1.29, 1.82) is 0 Å². The number of hydrogen-bond donors (Lipinski definition) is 1. The van der Waals surface area contributed by atoms with Crippen molar-refractivity contribution in [3.8, 4) is 11.5 Å². The molecule has 0 radical (unpaired) electrons. The summed E-state index contributed by atoms with van der Waals surface area (Å²) in [5, 5.41) is 0.554. The van der Waals surface area contributed by atoms with Crippen LogP contribution in [0.1, 0.15) is 12.5 Å². The molecule has 94 valence electrons. The Balaban J connectivity index is 3.06. The highest BCUT2D eigenvalue weighted by molar-refractivity contribution is 7.80. The molecule has 0 saturated heterocycles. The van der Waals surface area contributed by atoms with Crippen molar-refractivity contribution in [1.82, 2.24) is 0 Å². The molecule has 0 heterocycles. The lowest BCUT2D eigenvalue weighted by molar-refractivity contribution is 0.390. The summed E-state index contributed by atoms with van der Waals surface area (Å²) in [6, 6.07) is 3.60. The van der Waals surface area contributed by atoms with Crippen LogP contribution in [0.25, 0.3) is 0 Å². The first-order chi connectivity index (χ1) is 7.99. The van der Waals surface area contributed by atoms with Crippen LogP contribution >= 0.6 is 23.8 Å². The van der Waals surface area contributed by atoms with Gasteiger partial charge in [0, 0.05) is 12.0 Å². The van der Waals surface area contributed by atoms with Crippen LogP contribution < -0.4 is 15.2 Å². The molecule has 0 spiro atoms. The van der Waals surface area contributed by atoms with Crippen molar-refractivity contribution in [2.24, 2.45) is 11.7 Å². The van der Waals surface area contributed by atoms with Crippen molar-refractivity contribution in [2.75, 3.05) is 14.2 Å². The maximum Gasteiger partial charge on any atom is 0.141 e. The van der Waals surface area contributed by atoms with Gasteiger partial charge >= 0.3 is 0 Å². The van der Waals surface area contributed by atoms with E-state index in [0.29, 0.717) is 22.2 Å². The first kappa shape index (κ1) is 14.1. The highest BCUT2D eigenvalue weighted by atomic mass is 35.5. The molecule has 5 heteroatoms. The fourth-order valence-corrected chi connectivity index (χ4v) is 1.86. The van der Waals surface area contributed by atoms with Gasteiger partial charge in [-0.2, -0.15) is 0 Å². The molecule has 1 aromatic rings. The average molecular weight is 274 g/mol. The number of halogens is 1. The molecular formula is C12H16ClNO2S. The Morgan fingerprint density at radius 1 is 1.35 bits per heavy atom. The lowest BCUT2D eigenvalue weighted by Gasteiger charge is -2.15. The fraction of sp³-hybridized carbons (Fsp3) is 0.417. The molecule has 1 aromatic carbocycles. The van der Waals surface area contributed by atoms with Crippen LogP contribution in [0.5, 0.6) is 11.5 Å². The third-order valence-corrected chi connectivity index (χ3v) is 3.26. The first-order valence-corrected chi connectivity index (χ1v) is 5.98. The van der Waals surface area contributed by atoms with Crippen molar-refractivity contribution < 1.29 is 9.47 Å². The van der Waals surface area contributed by atoms with Gasteiger partial charge in [0.1, 0.15) is 11.5 Å². The van der Waals surface area contributed by atoms with Crippen molar-refractivity contribution >= 4 is 28.8 Å². The van der Waals surface area contributed by atoms with E-state index < -0.39 is 0 Å². The molecule has 0 aromatic heterocycles. The largest absolute Gasteiger partial charge is 0.496 e. The van der Waals surface area contributed by atoms with E-state index in [1.165, 1.54) is 0 Å². The van der Waals surface area contributed by atoms with Crippen molar-refractivity contribution in [3.63, 3.8) is 0 Å². The highest BCUT2D eigenvalue weighted by Gasteiger charge is 2.14. The Morgan fingerprint density at radius 2 is 1.94 bits per heavy atom. The minimum Gasteiger partial charge on any atom is -0.496 e. The van der Waals surface area contributed by atoms with E-state index in [2.05, 4.69) is 0 Å². The van der Waals surface area contributed by atoms with Gasteiger partial charge in [0.25, 0.3) is 0 Å². The Hall–Kier alpha value is -1.00. The minimum absolute atomic E-state index is 0.100. The van der Waals surface area contributed by atoms with E-state index in [4.69, 9.17) is 39.0 Å². The number of thiocarbonyl (C=S) groups is 1. The molecule has 17 heavy (non-hydrogen) atoms. The number of benzene rings is 1. The van der Waals surface area contributed by atoms with Gasteiger partial charge in [-0.05, 0) is 18.1 Å². The fourth-order valence-electron chi connectivity index (χ4n) is 1.51. The Kier molecular flexibility index (Phi) is 5.02. The predicted molar refractivity (Wildman–Crippen MR) is 74.2 cm³/mol. The molecule has 1 atom stereocenters. The second kappa shape index (κ2) is 6.07. The molecule has 0 aliphatic heterocycles. The topological polar surface area (TPSA) is 44.5 Å². The van der Waals surface area contributed by atoms with Crippen molar-refractivity contribution in [2.45, 2.75) is 13.3 Å². The molecule has 0 fully saturated rings. The van der Waals surface area contributed by atoms with Crippen LogP contribution in [0.15, 0.2) is 12.1 Å². The molecule has 0 saturated carbocycles. The second-order valence-electron chi connectivity index (χ2n) is 3.81. The standard InChI is InChI=1S/C12H16ClNO2S/c1-7(12(14)17)4-8-5-9(13)11(16-3)6-10(8)15-2/h5-7H,4H2,1-3H3,(H2,14,17). The Bertz CT molecular complexity index is 423. The van der Waals surface area contributed by atoms with E-state index in [1.807, 2.05) is 13.0 Å². The van der Waals surface area contributed by atoms with Crippen molar-refractivity contribution in [3.05, 3.63) is 22.7 Å². The molecule has 0 amide bonds. The molecule has 2 N–H and O–H groups in total. The van der Waals surface area contributed by atoms with Gasteiger partial charge in [0.05, 0.1) is 24.2 Å². The maximum absolute atomic E-state index is 6.08. The van der Waals surface area contributed by atoms with E-state index in [0.717, 1.165) is 11.3 Å². The summed E-state index contributed by atoms with van der Waals surface area (Å²) in [6.07, 6.45) is 0.697. The minimum atomic E-state index is 0.100. The lowest BCUT2D eigenvalue weighted by Crippen LogP contribution is -2.20. The number of hydrogen-bond acceptors (Lipinski definition) is 3. The molecule has 0 aliphatic carbocycles. The van der Waals surface area contributed by atoms with Crippen LogP contribution in [-0.4, -0.2) is 19.2 Å². The highest BCUT2D eigenvalue weighted by Crippen LogP contribution is 2.33. The zero-order valence-electron chi connectivity index (χ0n) is 10.1. The van der Waals surface area contributed by atoms with Crippen LogP contribution in [0, 0.1) is 5.92 Å². The summed E-state index contributed by atoms with van der Waals surface area (Å²) in [7, 11) is 3.18. The predicted octanol–water partition coefficient (Wildman–Crippen LogP) is 2.82. The maximum atomic E-state index is 6.08. The second-order valence-corrected chi connectivity index (χ2v) is 4.68. The summed E-state index contributed by atoms with van der Waals surface area (Å²) in [6.45, 7) is 1.97. The summed E-state index contributed by atoms with van der Waals surface area (Å²) < 4.78 is 10.4. The first-order valence-electron chi connectivity index (χ1n) is 5.19. The van der Waals surface area contributed by atoms with Gasteiger partial charge in [-0.1, -0.05) is 30.7 Å². The molecule has 1 rings (SSSR count). The third-order valence-electron chi connectivity index (χ3n) is 2.57. The number of rotatable bonds is 5. The Morgan fingerprint density at radius 3 is 2.41 bits per heavy atom. The van der Waals surface area contributed by atoms with Crippen LogP contribution in [0.2, 0.25) is 5.02 Å². The average Bonchev–Trinajstić information content (AvgIpc) is 2.29. The summed E-state index contributed by atoms with van der Waals surface area (Å²) >= 11 is 11.0. The van der Waals surface area contributed by atoms with Gasteiger partial charge in [-0.15, -0.1) is 0 Å². The molecule has 0 bridgehead atoms. The number of methoxy groups -OCH3 is 2.